The maximum atomic E-state index is 13.0. The Morgan fingerprint density at radius 3 is 2.23 bits per heavy atom. The SMILES string of the molecule is O=C(OC1CCN(Cc2cccc(C(F)(F)F)c2)CC1)C(=O)ON(C(=O)O)c1ccccc1-c1ccccc1. The van der Waals surface area contributed by atoms with Crippen LogP contribution in [0.15, 0.2) is 78.9 Å². The molecule has 1 amide bonds. The molecule has 1 saturated heterocycles. The van der Waals surface area contributed by atoms with Gasteiger partial charge in [0, 0.05) is 25.2 Å². The number of carboxylic acid groups (broad SMARTS) is 1. The van der Waals surface area contributed by atoms with E-state index in [0.717, 1.165) is 12.1 Å². The standard InChI is InChI=1S/C28H25F3N2O6/c29-28(30,31)21-10-6-7-19(17-21)18-32-15-13-22(14-16-32)38-25(34)26(35)39-33(27(36)37)24-12-5-4-11-23(24)20-8-2-1-3-9-20/h1-12,17,22H,13-16,18H2,(H,36,37). The average molecular weight is 543 g/mol. The first-order chi connectivity index (χ1) is 18.6. The lowest BCUT2D eigenvalue weighted by atomic mass is 10.0. The number of ether oxygens (including phenoxy) is 1. The van der Waals surface area contributed by atoms with E-state index in [4.69, 9.17) is 9.57 Å². The van der Waals surface area contributed by atoms with Crippen LogP contribution in [-0.4, -0.2) is 47.2 Å². The zero-order valence-electron chi connectivity index (χ0n) is 20.6. The van der Waals surface area contributed by atoms with Crippen molar-refractivity contribution >= 4 is 23.7 Å². The number of hydrogen-bond acceptors (Lipinski definition) is 6. The Morgan fingerprint density at radius 1 is 0.897 bits per heavy atom. The molecule has 0 spiro atoms. The van der Waals surface area contributed by atoms with Crippen LogP contribution in [0.1, 0.15) is 24.0 Å². The number of esters is 1. The molecule has 0 saturated carbocycles. The lowest BCUT2D eigenvalue weighted by Gasteiger charge is -2.31. The first-order valence-corrected chi connectivity index (χ1v) is 12.1. The number of amides is 1. The average Bonchev–Trinajstić information content (AvgIpc) is 2.92. The van der Waals surface area contributed by atoms with Crippen LogP contribution >= 0.6 is 0 Å². The molecular weight excluding hydrogens is 517 g/mol. The molecule has 1 N–H and O–H groups in total. The number of hydrogen-bond donors (Lipinski definition) is 1. The maximum Gasteiger partial charge on any atom is 0.445 e. The topological polar surface area (TPSA) is 96.4 Å². The minimum absolute atomic E-state index is 0.0419. The molecule has 4 rings (SSSR count). The Morgan fingerprint density at radius 2 is 1.56 bits per heavy atom. The molecule has 0 bridgehead atoms. The van der Waals surface area contributed by atoms with Gasteiger partial charge >= 0.3 is 24.2 Å². The van der Waals surface area contributed by atoms with E-state index in [2.05, 4.69) is 0 Å². The van der Waals surface area contributed by atoms with E-state index >= 15 is 0 Å². The van der Waals surface area contributed by atoms with Gasteiger partial charge in [0.15, 0.2) is 0 Å². The van der Waals surface area contributed by atoms with E-state index in [0.29, 0.717) is 54.2 Å². The lowest BCUT2D eigenvalue weighted by Crippen LogP contribution is -2.40. The Labute approximate surface area is 222 Å². The third kappa shape index (κ3) is 7.14. The zero-order valence-corrected chi connectivity index (χ0v) is 20.6. The van der Waals surface area contributed by atoms with Crippen molar-refractivity contribution in [2.24, 2.45) is 0 Å². The largest absolute Gasteiger partial charge is 0.463 e. The van der Waals surface area contributed by atoms with Crippen LogP contribution in [0.25, 0.3) is 11.1 Å². The molecule has 11 heteroatoms. The van der Waals surface area contributed by atoms with E-state index in [1.165, 1.54) is 12.1 Å². The van der Waals surface area contributed by atoms with Gasteiger partial charge in [-0.15, -0.1) is 5.06 Å². The molecule has 0 atom stereocenters. The van der Waals surface area contributed by atoms with E-state index < -0.39 is 35.9 Å². The van der Waals surface area contributed by atoms with Crippen molar-refractivity contribution in [2.75, 3.05) is 18.2 Å². The van der Waals surface area contributed by atoms with Gasteiger partial charge in [-0.1, -0.05) is 66.7 Å². The number of hydroxylamine groups is 1. The Hall–Kier alpha value is -4.38. The van der Waals surface area contributed by atoms with Crippen molar-refractivity contribution in [1.82, 2.24) is 4.90 Å². The number of likely N-dealkylation sites (tertiary alicyclic amines) is 1. The highest BCUT2D eigenvalue weighted by molar-refractivity contribution is 6.30. The van der Waals surface area contributed by atoms with Gasteiger partial charge in [0.25, 0.3) is 0 Å². The van der Waals surface area contributed by atoms with Crippen molar-refractivity contribution in [2.45, 2.75) is 31.7 Å². The van der Waals surface area contributed by atoms with Crippen molar-refractivity contribution < 1.29 is 42.2 Å². The van der Waals surface area contributed by atoms with Crippen molar-refractivity contribution in [3.05, 3.63) is 90.0 Å². The minimum atomic E-state index is -4.42. The summed E-state index contributed by atoms with van der Waals surface area (Å²) in [7, 11) is 0. The van der Waals surface area contributed by atoms with Crippen LogP contribution in [0, 0.1) is 0 Å². The molecule has 204 valence electrons. The number of nitrogens with zero attached hydrogens (tertiary/aromatic N) is 2. The number of alkyl halides is 3. The summed E-state index contributed by atoms with van der Waals surface area (Å²) in [6, 6.07) is 20.3. The molecule has 0 radical (unpaired) electrons. The summed E-state index contributed by atoms with van der Waals surface area (Å²) in [4.78, 5) is 43.7. The molecule has 3 aromatic rings. The summed E-state index contributed by atoms with van der Waals surface area (Å²) in [5.41, 5.74) is 0.974. The van der Waals surface area contributed by atoms with E-state index in [1.54, 1.807) is 54.6 Å². The molecule has 8 nitrogen and oxygen atoms in total. The molecule has 39 heavy (non-hydrogen) atoms. The monoisotopic (exact) mass is 542 g/mol. The third-order valence-electron chi connectivity index (χ3n) is 6.19. The predicted octanol–water partition coefficient (Wildman–Crippen LogP) is 5.52. The first kappa shape index (κ1) is 27.6. The van der Waals surface area contributed by atoms with Gasteiger partial charge in [-0.3, -0.25) is 4.90 Å². The van der Waals surface area contributed by atoms with E-state index in [1.807, 2.05) is 4.90 Å². The molecule has 0 aliphatic carbocycles. The van der Waals surface area contributed by atoms with Crippen LogP contribution < -0.4 is 5.06 Å². The van der Waals surface area contributed by atoms with Crippen molar-refractivity contribution in [3.63, 3.8) is 0 Å². The Balaban J connectivity index is 1.33. The molecule has 1 fully saturated rings. The molecule has 1 aliphatic rings. The van der Waals surface area contributed by atoms with Crippen LogP contribution in [0.4, 0.5) is 23.7 Å². The minimum Gasteiger partial charge on any atom is -0.463 e. The van der Waals surface area contributed by atoms with Crippen LogP contribution in [0.3, 0.4) is 0 Å². The van der Waals surface area contributed by atoms with Gasteiger partial charge in [0.1, 0.15) is 6.10 Å². The predicted molar refractivity (Wildman–Crippen MR) is 134 cm³/mol. The molecule has 0 aromatic heterocycles. The fourth-order valence-electron chi connectivity index (χ4n) is 4.31. The van der Waals surface area contributed by atoms with Crippen LogP contribution in [-0.2, 0) is 31.9 Å². The first-order valence-electron chi connectivity index (χ1n) is 12.1. The van der Waals surface area contributed by atoms with Crippen molar-refractivity contribution in [3.8, 4) is 11.1 Å². The second-order valence-corrected chi connectivity index (χ2v) is 8.92. The van der Waals surface area contributed by atoms with Crippen LogP contribution in [0.5, 0.6) is 0 Å². The van der Waals surface area contributed by atoms with E-state index in [9.17, 15) is 32.7 Å². The number of piperidine rings is 1. The van der Waals surface area contributed by atoms with Gasteiger partial charge in [-0.2, -0.15) is 13.2 Å². The lowest BCUT2D eigenvalue weighted by molar-refractivity contribution is -0.172. The van der Waals surface area contributed by atoms with Gasteiger partial charge in [-0.05, 0) is 36.1 Å². The number of para-hydroxylation sites is 1. The Kier molecular flexibility index (Phi) is 8.50. The van der Waals surface area contributed by atoms with Gasteiger partial charge < -0.3 is 14.7 Å². The summed E-state index contributed by atoms with van der Waals surface area (Å²) in [5, 5.41) is 10.0. The summed E-state index contributed by atoms with van der Waals surface area (Å²) in [6.07, 6.45) is -5.97. The maximum absolute atomic E-state index is 13.0. The highest BCUT2D eigenvalue weighted by Gasteiger charge is 2.32. The molecule has 0 unspecified atom stereocenters. The fourth-order valence-corrected chi connectivity index (χ4v) is 4.31. The number of carbonyl (C=O) groups excluding carboxylic acids is 2. The zero-order chi connectivity index (χ0) is 28.0. The quantitative estimate of drug-likeness (QED) is 0.258. The van der Waals surface area contributed by atoms with Gasteiger partial charge in [-0.25, -0.2) is 14.4 Å². The smallest absolute Gasteiger partial charge is 0.445 e. The molecule has 3 aromatic carbocycles. The summed E-state index contributed by atoms with van der Waals surface area (Å²) in [6.45, 7) is 1.14. The van der Waals surface area contributed by atoms with Crippen molar-refractivity contribution in [1.29, 1.82) is 0 Å². The third-order valence-corrected chi connectivity index (χ3v) is 6.19. The number of rotatable bonds is 5. The molecule has 1 aliphatic heterocycles. The highest BCUT2D eigenvalue weighted by Crippen LogP contribution is 2.32. The summed E-state index contributed by atoms with van der Waals surface area (Å²) in [5.74, 6) is -2.83. The van der Waals surface area contributed by atoms with Gasteiger partial charge in [0.05, 0.1) is 11.3 Å². The van der Waals surface area contributed by atoms with E-state index in [-0.39, 0.29) is 5.69 Å². The van der Waals surface area contributed by atoms with Gasteiger partial charge in [0.2, 0.25) is 0 Å². The second-order valence-electron chi connectivity index (χ2n) is 8.92. The number of anilines is 1. The Bertz CT molecular complexity index is 1320. The highest BCUT2D eigenvalue weighted by atomic mass is 19.4. The second kappa shape index (κ2) is 12.0. The fraction of sp³-hybridized carbons (Fsp3) is 0.250. The summed E-state index contributed by atoms with van der Waals surface area (Å²) < 4.78 is 44.1. The van der Waals surface area contributed by atoms with Crippen LogP contribution in [0.2, 0.25) is 0 Å². The summed E-state index contributed by atoms with van der Waals surface area (Å²) >= 11 is 0. The number of benzene rings is 3. The molecular formula is C28H25F3N2O6. The molecule has 1 heterocycles. The number of carbonyl (C=O) groups is 3. The normalized spacial score (nSPS) is 14.4. The number of halogens is 3.